The quantitative estimate of drug-likeness (QED) is 0.931. The molecule has 0 radical (unpaired) electrons. The highest BCUT2D eigenvalue weighted by atomic mass is 79.9. The maximum atomic E-state index is 4.35. The number of hydrogen-bond acceptors (Lipinski definition) is 3. The van der Waals surface area contributed by atoms with E-state index >= 15 is 0 Å². The van der Waals surface area contributed by atoms with Crippen LogP contribution >= 0.6 is 15.9 Å². The van der Waals surface area contributed by atoms with Crippen molar-refractivity contribution in [1.29, 1.82) is 0 Å². The maximum absolute atomic E-state index is 4.35. The lowest BCUT2D eigenvalue weighted by molar-refractivity contribution is 0.623. The molecular weight excluding hydrogens is 282 g/mol. The van der Waals surface area contributed by atoms with Crippen molar-refractivity contribution < 1.29 is 0 Å². The second-order valence-corrected chi connectivity index (χ2v) is 4.89. The zero-order chi connectivity index (χ0) is 12.4. The van der Waals surface area contributed by atoms with Crippen molar-refractivity contribution in [3.05, 3.63) is 33.8 Å². The van der Waals surface area contributed by atoms with E-state index in [9.17, 15) is 0 Å². The molecule has 0 aliphatic heterocycles. The fourth-order valence-corrected chi connectivity index (χ4v) is 2.24. The van der Waals surface area contributed by atoms with Crippen LogP contribution in [0.3, 0.4) is 0 Å². The number of halogens is 1. The normalized spacial score (nSPS) is 11.1. The molecular formula is C11H16BrN5. The highest BCUT2D eigenvalue weighted by Gasteiger charge is 2.09. The second kappa shape index (κ2) is 5.01. The van der Waals surface area contributed by atoms with Crippen LogP contribution in [0.1, 0.15) is 17.0 Å². The van der Waals surface area contributed by atoms with Crippen LogP contribution in [0.25, 0.3) is 0 Å². The molecule has 0 atom stereocenters. The van der Waals surface area contributed by atoms with Crippen LogP contribution in [-0.2, 0) is 27.2 Å². The number of aromatic nitrogens is 4. The Bertz CT molecular complexity index is 514. The maximum Gasteiger partial charge on any atom is 0.0739 e. The van der Waals surface area contributed by atoms with E-state index in [1.54, 1.807) is 4.68 Å². The van der Waals surface area contributed by atoms with Crippen LogP contribution in [0.4, 0.5) is 0 Å². The first-order chi connectivity index (χ1) is 8.08. The molecule has 0 saturated heterocycles. The fraction of sp³-hybridized carbons (Fsp3) is 0.455. The molecule has 0 spiro atoms. The van der Waals surface area contributed by atoms with Crippen LogP contribution in [0.15, 0.2) is 16.9 Å². The van der Waals surface area contributed by atoms with Gasteiger partial charge < -0.3 is 5.32 Å². The van der Waals surface area contributed by atoms with E-state index in [4.69, 9.17) is 0 Å². The van der Waals surface area contributed by atoms with Crippen molar-refractivity contribution in [1.82, 2.24) is 24.9 Å². The van der Waals surface area contributed by atoms with Gasteiger partial charge in [-0.1, -0.05) is 0 Å². The Labute approximate surface area is 109 Å². The molecule has 0 aromatic carbocycles. The van der Waals surface area contributed by atoms with E-state index in [1.807, 2.05) is 38.1 Å². The molecule has 0 aliphatic carbocycles. The first kappa shape index (κ1) is 12.3. The second-order valence-electron chi connectivity index (χ2n) is 4.10. The van der Waals surface area contributed by atoms with Crippen molar-refractivity contribution in [3.63, 3.8) is 0 Å². The average molecular weight is 298 g/mol. The predicted octanol–water partition coefficient (Wildman–Crippen LogP) is 1.51. The van der Waals surface area contributed by atoms with E-state index in [0.717, 1.165) is 29.0 Å². The summed E-state index contributed by atoms with van der Waals surface area (Å²) in [5.74, 6) is 0. The largest absolute Gasteiger partial charge is 0.307 e. The Morgan fingerprint density at radius 3 is 2.65 bits per heavy atom. The summed E-state index contributed by atoms with van der Waals surface area (Å²) in [4.78, 5) is 0. The summed E-state index contributed by atoms with van der Waals surface area (Å²) in [6, 6.07) is 0. The molecule has 0 unspecified atom stereocenters. The summed E-state index contributed by atoms with van der Waals surface area (Å²) in [6.07, 6.45) is 3.88. The fourth-order valence-electron chi connectivity index (χ4n) is 1.76. The van der Waals surface area contributed by atoms with Crippen molar-refractivity contribution >= 4 is 15.9 Å². The molecule has 0 saturated carbocycles. The van der Waals surface area contributed by atoms with E-state index in [1.165, 1.54) is 5.56 Å². The first-order valence-electron chi connectivity index (χ1n) is 5.44. The van der Waals surface area contributed by atoms with Crippen molar-refractivity contribution in [2.45, 2.75) is 20.0 Å². The number of rotatable bonds is 4. The molecule has 2 aromatic rings. The third-order valence-corrected chi connectivity index (χ3v) is 3.67. The Hall–Kier alpha value is -1.14. The molecule has 17 heavy (non-hydrogen) atoms. The van der Waals surface area contributed by atoms with Crippen LogP contribution < -0.4 is 5.32 Å². The molecule has 0 bridgehead atoms. The number of aryl methyl sites for hydroxylation is 3. The van der Waals surface area contributed by atoms with Crippen LogP contribution in [0.2, 0.25) is 0 Å². The molecule has 92 valence electrons. The third-order valence-electron chi connectivity index (χ3n) is 2.64. The Kier molecular flexibility index (Phi) is 3.63. The van der Waals surface area contributed by atoms with Gasteiger partial charge in [0.05, 0.1) is 22.1 Å². The molecule has 2 rings (SSSR count). The zero-order valence-electron chi connectivity index (χ0n) is 10.2. The first-order valence-corrected chi connectivity index (χ1v) is 6.23. The SMILES string of the molecule is Cc1nn(C)c(CNCc2cnn(C)c2)c1Br. The highest BCUT2D eigenvalue weighted by molar-refractivity contribution is 9.10. The minimum Gasteiger partial charge on any atom is -0.307 e. The van der Waals surface area contributed by atoms with E-state index < -0.39 is 0 Å². The number of nitrogens with one attached hydrogen (secondary N) is 1. The van der Waals surface area contributed by atoms with Gasteiger partial charge in [-0.25, -0.2) is 0 Å². The van der Waals surface area contributed by atoms with Crippen molar-refractivity contribution in [2.75, 3.05) is 0 Å². The van der Waals surface area contributed by atoms with Gasteiger partial charge in [0.1, 0.15) is 0 Å². The number of nitrogens with zero attached hydrogens (tertiary/aromatic N) is 4. The average Bonchev–Trinajstić information content (AvgIpc) is 2.78. The topological polar surface area (TPSA) is 47.7 Å². The van der Waals surface area contributed by atoms with Gasteiger partial charge in [-0.05, 0) is 22.9 Å². The van der Waals surface area contributed by atoms with Gasteiger partial charge in [-0.2, -0.15) is 10.2 Å². The molecule has 2 aromatic heterocycles. The van der Waals surface area contributed by atoms with Crippen molar-refractivity contribution in [2.24, 2.45) is 14.1 Å². The Balaban J connectivity index is 1.94. The summed E-state index contributed by atoms with van der Waals surface area (Å²) in [5, 5.41) is 11.9. The van der Waals surface area contributed by atoms with Crippen LogP contribution in [0.5, 0.6) is 0 Å². The van der Waals surface area contributed by atoms with E-state index in [-0.39, 0.29) is 0 Å². The minimum absolute atomic E-state index is 0.785. The van der Waals surface area contributed by atoms with Gasteiger partial charge in [0.15, 0.2) is 0 Å². The Morgan fingerprint density at radius 2 is 2.12 bits per heavy atom. The standard InChI is InChI=1S/C11H16BrN5/c1-8-11(12)10(17(3)15-8)6-13-4-9-5-14-16(2)7-9/h5,7,13H,4,6H2,1-3H3. The zero-order valence-corrected chi connectivity index (χ0v) is 11.8. The number of hydrogen-bond donors (Lipinski definition) is 1. The van der Waals surface area contributed by atoms with Crippen LogP contribution in [0, 0.1) is 6.92 Å². The monoisotopic (exact) mass is 297 g/mol. The van der Waals surface area contributed by atoms with E-state index in [0.29, 0.717) is 0 Å². The molecule has 1 N–H and O–H groups in total. The summed E-state index contributed by atoms with van der Waals surface area (Å²) >= 11 is 3.55. The van der Waals surface area contributed by atoms with Crippen molar-refractivity contribution in [3.8, 4) is 0 Å². The molecule has 2 heterocycles. The molecule has 6 heteroatoms. The lowest BCUT2D eigenvalue weighted by Crippen LogP contribution is -2.15. The summed E-state index contributed by atoms with van der Waals surface area (Å²) in [7, 11) is 3.88. The summed E-state index contributed by atoms with van der Waals surface area (Å²) in [6.45, 7) is 3.59. The Morgan fingerprint density at radius 1 is 1.35 bits per heavy atom. The predicted molar refractivity (Wildman–Crippen MR) is 69.4 cm³/mol. The van der Waals surface area contributed by atoms with Gasteiger partial charge in [0.25, 0.3) is 0 Å². The van der Waals surface area contributed by atoms with Gasteiger partial charge in [0, 0.05) is 38.9 Å². The van der Waals surface area contributed by atoms with Crippen LogP contribution in [-0.4, -0.2) is 19.6 Å². The molecule has 5 nitrogen and oxygen atoms in total. The lowest BCUT2D eigenvalue weighted by atomic mass is 10.3. The van der Waals surface area contributed by atoms with Gasteiger partial charge in [0.2, 0.25) is 0 Å². The van der Waals surface area contributed by atoms with Gasteiger partial charge in [-0.15, -0.1) is 0 Å². The molecule has 0 aliphatic rings. The summed E-state index contributed by atoms with van der Waals surface area (Å²) in [5.41, 5.74) is 3.36. The van der Waals surface area contributed by atoms with Gasteiger partial charge in [-0.3, -0.25) is 9.36 Å². The lowest BCUT2D eigenvalue weighted by Gasteiger charge is -2.04. The summed E-state index contributed by atoms with van der Waals surface area (Å²) < 4.78 is 4.79. The highest BCUT2D eigenvalue weighted by Crippen LogP contribution is 2.19. The smallest absolute Gasteiger partial charge is 0.0739 e. The molecule has 0 amide bonds. The minimum atomic E-state index is 0.785. The third kappa shape index (κ3) is 2.76. The molecule has 0 fully saturated rings. The van der Waals surface area contributed by atoms with Gasteiger partial charge >= 0.3 is 0 Å². The van der Waals surface area contributed by atoms with E-state index in [2.05, 4.69) is 31.4 Å².